The molecule has 3 aromatic rings. The number of carbonyl (C=O) groups excluding carboxylic acids is 2. The molecule has 1 amide bonds. The van der Waals surface area contributed by atoms with Gasteiger partial charge in [0.15, 0.2) is 6.61 Å². The van der Waals surface area contributed by atoms with Crippen LogP contribution in [-0.2, 0) is 16.1 Å². The average Bonchev–Trinajstić information content (AvgIpc) is 2.78. The highest BCUT2D eigenvalue weighted by molar-refractivity contribution is 5.95. The highest BCUT2D eigenvalue weighted by Crippen LogP contribution is 2.17. The number of esters is 1. The number of hydrogen-bond acceptors (Lipinski definition) is 5. The maximum atomic E-state index is 12.0. The lowest BCUT2D eigenvalue weighted by atomic mass is 10.1. The molecule has 0 saturated carbocycles. The lowest BCUT2D eigenvalue weighted by Crippen LogP contribution is -2.20. The average molecular weight is 386 g/mol. The van der Waals surface area contributed by atoms with Crippen molar-refractivity contribution in [1.29, 1.82) is 5.26 Å². The zero-order chi connectivity index (χ0) is 20.5. The van der Waals surface area contributed by atoms with Crippen LogP contribution in [0, 0.1) is 11.3 Å². The van der Waals surface area contributed by atoms with Crippen molar-refractivity contribution in [1.82, 2.24) is 0 Å². The molecule has 0 aliphatic carbocycles. The fraction of sp³-hybridized carbons (Fsp3) is 0.0870. The van der Waals surface area contributed by atoms with Gasteiger partial charge in [0.05, 0.1) is 17.2 Å². The van der Waals surface area contributed by atoms with Gasteiger partial charge in [-0.1, -0.05) is 30.3 Å². The molecule has 6 heteroatoms. The van der Waals surface area contributed by atoms with E-state index in [9.17, 15) is 9.59 Å². The molecule has 3 aromatic carbocycles. The summed E-state index contributed by atoms with van der Waals surface area (Å²) in [6.45, 7) is 0.0446. The SMILES string of the molecule is N#Cc1ccc(C(=O)OCC(=O)Nc2ccc(OCc3ccccc3)cc2)cc1. The van der Waals surface area contributed by atoms with Gasteiger partial charge in [0.2, 0.25) is 0 Å². The predicted octanol–water partition coefficient (Wildman–Crippen LogP) is 3.93. The van der Waals surface area contributed by atoms with Crippen molar-refractivity contribution >= 4 is 17.6 Å². The first-order valence-electron chi connectivity index (χ1n) is 8.88. The normalized spacial score (nSPS) is 9.90. The van der Waals surface area contributed by atoms with Gasteiger partial charge >= 0.3 is 5.97 Å². The van der Waals surface area contributed by atoms with Gasteiger partial charge in [-0.25, -0.2) is 4.79 Å². The Morgan fingerprint density at radius 3 is 2.24 bits per heavy atom. The zero-order valence-corrected chi connectivity index (χ0v) is 15.5. The number of hydrogen-bond donors (Lipinski definition) is 1. The van der Waals surface area contributed by atoms with E-state index in [0.717, 1.165) is 5.56 Å². The number of benzene rings is 3. The molecular formula is C23H18N2O4. The van der Waals surface area contributed by atoms with Gasteiger partial charge in [0.1, 0.15) is 12.4 Å². The Hall–Kier alpha value is -4.11. The number of ether oxygens (including phenoxy) is 2. The van der Waals surface area contributed by atoms with E-state index in [1.807, 2.05) is 36.4 Å². The van der Waals surface area contributed by atoms with Gasteiger partial charge in [0, 0.05) is 5.69 Å². The molecule has 1 N–H and O–H groups in total. The Morgan fingerprint density at radius 1 is 0.897 bits per heavy atom. The molecule has 0 spiro atoms. The Kier molecular flexibility index (Phi) is 6.58. The molecule has 0 aliphatic rings. The molecule has 0 aliphatic heterocycles. The van der Waals surface area contributed by atoms with E-state index in [1.54, 1.807) is 24.3 Å². The van der Waals surface area contributed by atoms with Crippen LogP contribution in [0.4, 0.5) is 5.69 Å². The largest absolute Gasteiger partial charge is 0.489 e. The van der Waals surface area contributed by atoms with E-state index in [4.69, 9.17) is 14.7 Å². The molecule has 0 radical (unpaired) electrons. The second-order valence-corrected chi connectivity index (χ2v) is 6.11. The molecule has 0 aromatic heterocycles. The highest BCUT2D eigenvalue weighted by Gasteiger charge is 2.10. The summed E-state index contributed by atoms with van der Waals surface area (Å²) in [4.78, 5) is 23.9. The van der Waals surface area contributed by atoms with Crippen LogP contribution >= 0.6 is 0 Å². The first-order chi connectivity index (χ1) is 14.1. The van der Waals surface area contributed by atoms with E-state index >= 15 is 0 Å². The molecule has 144 valence electrons. The number of amides is 1. The van der Waals surface area contributed by atoms with E-state index in [2.05, 4.69) is 5.32 Å². The van der Waals surface area contributed by atoms with Crippen LogP contribution in [0.5, 0.6) is 5.75 Å². The zero-order valence-electron chi connectivity index (χ0n) is 15.5. The van der Waals surface area contributed by atoms with Crippen molar-refractivity contribution in [3.8, 4) is 11.8 Å². The first kappa shape index (κ1) is 19.6. The van der Waals surface area contributed by atoms with E-state index in [0.29, 0.717) is 23.6 Å². The van der Waals surface area contributed by atoms with E-state index in [-0.39, 0.29) is 5.56 Å². The molecule has 3 rings (SSSR count). The van der Waals surface area contributed by atoms with Crippen LogP contribution in [0.1, 0.15) is 21.5 Å². The summed E-state index contributed by atoms with van der Waals surface area (Å²) in [5, 5.41) is 11.4. The van der Waals surface area contributed by atoms with Crippen molar-refractivity contribution < 1.29 is 19.1 Å². The van der Waals surface area contributed by atoms with Gasteiger partial charge in [-0.05, 0) is 54.1 Å². The third-order valence-corrected chi connectivity index (χ3v) is 3.97. The number of carbonyl (C=O) groups is 2. The molecular weight excluding hydrogens is 368 g/mol. The van der Waals surface area contributed by atoms with Gasteiger partial charge in [-0.3, -0.25) is 4.79 Å². The van der Waals surface area contributed by atoms with Crippen LogP contribution in [0.15, 0.2) is 78.9 Å². The summed E-state index contributed by atoms with van der Waals surface area (Å²) in [6, 6.07) is 24.7. The van der Waals surface area contributed by atoms with Crippen LogP contribution in [-0.4, -0.2) is 18.5 Å². The maximum absolute atomic E-state index is 12.0. The monoisotopic (exact) mass is 386 g/mol. The van der Waals surface area contributed by atoms with Crippen molar-refractivity contribution in [3.63, 3.8) is 0 Å². The third kappa shape index (κ3) is 5.94. The summed E-state index contributed by atoms with van der Waals surface area (Å²) in [7, 11) is 0. The first-order valence-corrected chi connectivity index (χ1v) is 8.88. The molecule has 0 bridgehead atoms. The molecule has 0 fully saturated rings. The quantitative estimate of drug-likeness (QED) is 0.622. The van der Waals surface area contributed by atoms with Crippen LogP contribution in [0.2, 0.25) is 0 Å². The van der Waals surface area contributed by atoms with Crippen molar-refractivity contribution in [2.24, 2.45) is 0 Å². The van der Waals surface area contributed by atoms with Crippen LogP contribution < -0.4 is 10.1 Å². The Labute approximate surface area is 168 Å². The van der Waals surface area contributed by atoms with Gasteiger partial charge in [-0.2, -0.15) is 5.26 Å². The standard InChI is InChI=1S/C23H18N2O4/c24-14-17-6-8-19(9-7-17)23(27)29-16-22(26)25-20-10-12-21(13-11-20)28-15-18-4-2-1-3-5-18/h1-13H,15-16H2,(H,25,26). The number of rotatable bonds is 7. The molecule has 0 heterocycles. The lowest BCUT2D eigenvalue weighted by Gasteiger charge is -2.09. The van der Waals surface area contributed by atoms with E-state index < -0.39 is 18.5 Å². The van der Waals surface area contributed by atoms with Crippen molar-refractivity contribution in [2.75, 3.05) is 11.9 Å². The molecule has 0 saturated heterocycles. The van der Waals surface area contributed by atoms with Gasteiger partial charge < -0.3 is 14.8 Å². The molecule has 6 nitrogen and oxygen atoms in total. The fourth-order valence-electron chi connectivity index (χ4n) is 2.47. The highest BCUT2D eigenvalue weighted by atomic mass is 16.5. The van der Waals surface area contributed by atoms with Crippen molar-refractivity contribution in [3.05, 3.63) is 95.6 Å². The second kappa shape index (κ2) is 9.72. The Balaban J connectivity index is 1.45. The second-order valence-electron chi connectivity index (χ2n) is 6.11. The molecule has 29 heavy (non-hydrogen) atoms. The Morgan fingerprint density at radius 2 is 1.59 bits per heavy atom. The predicted molar refractivity (Wildman–Crippen MR) is 107 cm³/mol. The number of nitrogens with zero attached hydrogens (tertiary/aromatic N) is 1. The summed E-state index contributed by atoms with van der Waals surface area (Å²) in [5.74, 6) is -0.404. The van der Waals surface area contributed by atoms with E-state index in [1.165, 1.54) is 24.3 Å². The Bertz CT molecular complexity index is 1010. The fourth-order valence-corrected chi connectivity index (χ4v) is 2.47. The molecule has 0 unspecified atom stereocenters. The lowest BCUT2D eigenvalue weighted by molar-refractivity contribution is -0.119. The minimum absolute atomic E-state index is 0.275. The van der Waals surface area contributed by atoms with Crippen molar-refractivity contribution in [2.45, 2.75) is 6.61 Å². The third-order valence-electron chi connectivity index (χ3n) is 3.97. The van der Waals surface area contributed by atoms with Gasteiger partial charge in [-0.15, -0.1) is 0 Å². The summed E-state index contributed by atoms with van der Waals surface area (Å²) in [6.07, 6.45) is 0. The van der Waals surface area contributed by atoms with Crippen LogP contribution in [0.25, 0.3) is 0 Å². The van der Waals surface area contributed by atoms with Gasteiger partial charge in [0.25, 0.3) is 5.91 Å². The topological polar surface area (TPSA) is 88.4 Å². The van der Waals surface area contributed by atoms with Crippen LogP contribution in [0.3, 0.4) is 0 Å². The number of nitriles is 1. The maximum Gasteiger partial charge on any atom is 0.338 e. The minimum atomic E-state index is -0.630. The smallest absolute Gasteiger partial charge is 0.338 e. The minimum Gasteiger partial charge on any atom is -0.489 e. The molecule has 0 atom stereocenters. The summed E-state index contributed by atoms with van der Waals surface area (Å²) in [5.41, 5.74) is 2.35. The number of nitrogens with one attached hydrogen (secondary N) is 1. The number of anilines is 1. The summed E-state index contributed by atoms with van der Waals surface area (Å²) < 4.78 is 10.7. The summed E-state index contributed by atoms with van der Waals surface area (Å²) >= 11 is 0.